The highest BCUT2D eigenvalue weighted by Crippen LogP contribution is 2.30. The number of halogens is 6. The van der Waals surface area contributed by atoms with Gasteiger partial charge in [0.2, 0.25) is 6.54 Å². The zero-order chi connectivity index (χ0) is 24.7. The minimum atomic E-state index is -4.52. The second kappa shape index (κ2) is 12.1. The number of nitrogens with one attached hydrogen (secondary N) is 2. The minimum absolute atomic E-state index is 0. The van der Waals surface area contributed by atoms with Crippen molar-refractivity contribution in [3.8, 4) is 5.75 Å². The summed E-state index contributed by atoms with van der Waals surface area (Å²) in [5.74, 6) is -1.04. The van der Waals surface area contributed by atoms with Crippen molar-refractivity contribution in [1.29, 1.82) is 0 Å². The zero-order valence-corrected chi connectivity index (χ0v) is 18.6. The first-order valence-electron chi connectivity index (χ1n) is 9.88. The lowest BCUT2D eigenvalue weighted by Gasteiger charge is -2.09. The van der Waals surface area contributed by atoms with E-state index in [0.717, 1.165) is 12.1 Å². The normalized spacial score (nSPS) is 10.9. The lowest BCUT2D eigenvalue weighted by molar-refractivity contribution is -0.684. The maximum absolute atomic E-state index is 12.8. The predicted octanol–water partition coefficient (Wildman–Crippen LogP) is 1.17. The highest BCUT2D eigenvalue weighted by Gasteiger charge is 2.30. The molecule has 12 heteroatoms. The summed E-state index contributed by atoms with van der Waals surface area (Å²) >= 11 is 0. The minimum Gasteiger partial charge on any atom is -1.00 e. The summed E-state index contributed by atoms with van der Waals surface area (Å²) in [6.45, 7) is -3.01. The van der Waals surface area contributed by atoms with Crippen molar-refractivity contribution in [3.05, 3.63) is 89.7 Å². The molecule has 6 nitrogen and oxygen atoms in total. The molecule has 35 heavy (non-hydrogen) atoms. The summed E-state index contributed by atoms with van der Waals surface area (Å²) in [5.41, 5.74) is 0.0481. The molecule has 0 saturated carbocycles. The number of carbonyl (C=O) groups excluding carboxylic acids is 2. The van der Waals surface area contributed by atoms with Gasteiger partial charge in [0.15, 0.2) is 12.4 Å². The van der Waals surface area contributed by atoms with Crippen LogP contribution in [0.25, 0.3) is 0 Å². The lowest BCUT2D eigenvalue weighted by atomic mass is 10.2. The van der Waals surface area contributed by atoms with Gasteiger partial charge in [-0.05, 0) is 48.5 Å². The molecule has 2 amide bonds. The van der Waals surface area contributed by atoms with Crippen LogP contribution in [-0.2, 0) is 24.1 Å². The van der Waals surface area contributed by atoms with Gasteiger partial charge in [-0.3, -0.25) is 9.59 Å². The average molecular weight is 516 g/mol. The molecule has 0 atom stereocenters. The first-order valence-corrected chi connectivity index (χ1v) is 9.88. The van der Waals surface area contributed by atoms with Crippen LogP contribution in [-0.4, -0.2) is 18.4 Å². The van der Waals surface area contributed by atoms with E-state index in [-0.39, 0.29) is 42.5 Å². The van der Waals surface area contributed by atoms with E-state index in [1.165, 1.54) is 41.0 Å². The van der Waals surface area contributed by atoms with Gasteiger partial charge < -0.3 is 27.8 Å². The van der Waals surface area contributed by atoms with Crippen LogP contribution >= 0.6 is 0 Å². The molecule has 3 rings (SSSR count). The van der Waals surface area contributed by atoms with Crippen molar-refractivity contribution >= 4 is 17.5 Å². The van der Waals surface area contributed by atoms with Crippen LogP contribution in [0.3, 0.4) is 0 Å². The Labute approximate surface area is 203 Å². The molecule has 0 aliphatic heterocycles. The summed E-state index contributed by atoms with van der Waals surface area (Å²) in [5, 5.41) is 5.09. The Kier molecular flexibility index (Phi) is 9.52. The Hall–Kier alpha value is -3.73. The number of pyridine rings is 1. The molecule has 0 spiro atoms. The summed E-state index contributed by atoms with van der Waals surface area (Å²) < 4.78 is 68.6. The Balaban J connectivity index is 0.00000432. The molecule has 3 aromatic rings. The van der Waals surface area contributed by atoms with Crippen LogP contribution in [0.2, 0.25) is 0 Å². The second-order valence-electron chi connectivity index (χ2n) is 7.10. The highest BCUT2D eigenvalue weighted by atomic mass is 35.5. The number of rotatable bonds is 8. The van der Waals surface area contributed by atoms with Gasteiger partial charge in [0, 0.05) is 29.4 Å². The number of ether oxygens (including phenoxy) is 1. The van der Waals surface area contributed by atoms with Crippen LogP contribution in [0, 0.1) is 0 Å². The van der Waals surface area contributed by atoms with E-state index in [1.807, 2.05) is 0 Å². The third-order valence-electron chi connectivity index (χ3n) is 4.51. The van der Waals surface area contributed by atoms with E-state index in [1.54, 1.807) is 24.5 Å². The van der Waals surface area contributed by atoms with Gasteiger partial charge >= 0.3 is 12.8 Å². The number of aromatic nitrogens is 1. The average Bonchev–Trinajstić information content (AvgIpc) is 2.77. The summed E-state index contributed by atoms with van der Waals surface area (Å²) in [7, 11) is 0. The number of carbonyl (C=O) groups is 2. The van der Waals surface area contributed by atoms with Crippen LogP contribution in [0.15, 0.2) is 73.1 Å². The highest BCUT2D eigenvalue weighted by molar-refractivity contribution is 5.94. The van der Waals surface area contributed by atoms with Gasteiger partial charge in [-0.15, -0.1) is 0 Å². The number of amides is 2. The van der Waals surface area contributed by atoms with Gasteiger partial charge in [-0.1, -0.05) is 6.07 Å². The van der Waals surface area contributed by atoms with E-state index in [2.05, 4.69) is 15.4 Å². The third-order valence-corrected chi connectivity index (χ3v) is 4.51. The Bertz CT molecular complexity index is 1160. The van der Waals surface area contributed by atoms with E-state index >= 15 is 0 Å². The molecule has 0 unspecified atom stereocenters. The topological polar surface area (TPSA) is 71.3 Å². The summed E-state index contributed by atoms with van der Waals surface area (Å²) in [4.78, 5) is 24.5. The Morgan fingerprint density at radius 2 is 1.71 bits per heavy atom. The van der Waals surface area contributed by atoms with Crippen molar-refractivity contribution in [2.45, 2.75) is 25.9 Å². The van der Waals surface area contributed by atoms with Gasteiger partial charge in [0.05, 0.1) is 5.56 Å². The SMILES string of the molecule is O=C(C[n+]1cccc(CNC(=O)c2ccc(OC(F)F)cc2)c1)Nc1cccc(C(F)(F)F)c1.[Cl-]. The molecule has 0 fully saturated rings. The van der Waals surface area contributed by atoms with Crippen molar-refractivity contribution in [1.82, 2.24) is 5.32 Å². The molecule has 0 aliphatic carbocycles. The second-order valence-corrected chi connectivity index (χ2v) is 7.10. The molecule has 0 aliphatic rings. The molecule has 1 heterocycles. The third kappa shape index (κ3) is 8.53. The first kappa shape index (κ1) is 27.5. The lowest BCUT2D eigenvalue weighted by Crippen LogP contribution is -3.00. The predicted molar refractivity (Wildman–Crippen MR) is 111 cm³/mol. The number of nitrogens with zero attached hydrogens (tertiary/aromatic N) is 1. The fourth-order valence-electron chi connectivity index (χ4n) is 2.99. The Morgan fingerprint density at radius 1 is 1.00 bits per heavy atom. The number of alkyl halides is 5. The van der Waals surface area contributed by atoms with Gasteiger partial charge in [-0.25, -0.2) is 0 Å². The number of anilines is 1. The number of benzene rings is 2. The largest absolute Gasteiger partial charge is 1.00 e. The monoisotopic (exact) mass is 515 g/mol. The van der Waals surface area contributed by atoms with Crippen molar-refractivity contribution in [3.63, 3.8) is 0 Å². The number of hydrogen-bond donors (Lipinski definition) is 2. The van der Waals surface area contributed by atoms with Gasteiger partial charge in [0.1, 0.15) is 5.75 Å². The van der Waals surface area contributed by atoms with E-state index in [4.69, 9.17) is 0 Å². The molecule has 186 valence electrons. The fourth-order valence-corrected chi connectivity index (χ4v) is 2.99. The maximum Gasteiger partial charge on any atom is 0.416 e. The van der Waals surface area contributed by atoms with Crippen molar-refractivity contribution in [2.24, 2.45) is 0 Å². The standard InChI is InChI=1S/C23H18F5N3O3.ClH/c24-22(25)34-19-8-6-16(7-9-19)21(33)29-12-15-3-2-10-31(13-15)14-20(32)30-18-5-1-4-17(11-18)23(26,27)28;/h1-11,13,22H,12,14H2,(H-,29,30,32,33);1H. The summed E-state index contributed by atoms with van der Waals surface area (Å²) in [6.07, 6.45) is -1.32. The molecule has 0 radical (unpaired) electrons. The van der Waals surface area contributed by atoms with Gasteiger partial charge in [0.25, 0.3) is 11.8 Å². The van der Waals surface area contributed by atoms with Crippen LogP contribution in [0.5, 0.6) is 5.75 Å². The fraction of sp³-hybridized carbons (Fsp3) is 0.174. The van der Waals surface area contributed by atoms with Crippen molar-refractivity contribution < 1.29 is 53.3 Å². The quantitative estimate of drug-likeness (QED) is 0.349. The van der Waals surface area contributed by atoms with E-state index in [9.17, 15) is 31.5 Å². The molecular weight excluding hydrogens is 497 g/mol. The van der Waals surface area contributed by atoms with Crippen LogP contribution in [0.1, 0.15) is 21.5 Å². The molecule has 0 bridgehead atoms. The smallest absolute Gasteiger partial charge is 0.416 e. The van der Waals surface area contributed by atoms with E-state index < -0.39 is 30.2 Å². The molecule has 1 aromatic heterocycles. The van der Waals surface area contributed by atoms with Crippen molar-refractivity contribution in [2.75, 3.05) is 5.32 Å². The van der Waals surface area contributed by atoms with Gasteiger partial charge in [-0.2, -0.15) is 26.5 Å². The zero-order valence-electron chi connectivity index (χ0n) is 17.9. The molecule has 0 saturated heterocycles. The Morgan fingerprint density at radius 3 is 2.37 bits per heavy atom. The summed E-state index contributed by atoms with van der Waals surface area (Å²) in [6, 6.07) is 12.9. The molecular formula is C23H19ClF5N3O3. The van der Waals surface area contributed by atoms with E-state index in [0.29, 0.717) is 5.56 Å². The first-order chi connectivity index (χ1) is 16.1. The van der Waals surface area contributed by atoms with Crippen LogP contribution in [0.4, 0.5) is 27.6 Å². The number of hydrogen-bond acceptors (Lipinski definition) is 3. The molecule has 2 aromatic carbocycles. The molecule has 2 N–H and O–H groups in total. The maximum atomic E-state index is 12.8. The van der Waals surface area contributed by atoms with Crippen LogP contribution < -0.4 is 32.3 Å².